The van der Waals surface area contributed by atoms with Crippen molar-refractivity contribution in [1.29, 1.82) is 0 Å². The van der Waals surface area contributed by atoms with Crippen LogP contribution in [0.25, 0.3) is 0 Å². The maximum atomic E-state index is 13.2. The summed E-state index contributed by atoms with van der Waals surface area (Å²) < 4.78 is 35.2. The molecule has 2 N–H and O–H groups in total. The molecule has 0 unspecified atom stereocenters. The van der Waals surface area contributed by atoms with Crippen molar-refractivity contribution in [2.24, 2.45) is 0 Å². The minimum absolute atomic E-state index is 0.0464. The average Bonchev–Trinajstić information content (AvgIpc) is 2.07. The van der Waals surface area contributed by atoms with Gasteiger partial charge in [0.15, 0.2) is 21.4 Å². The summed E-state index contributed by atoms with van der Waals surface area (Å²) in [5, 5.41) is 17.8. The van der Waals surface area contributed by atoms with E-state index in [1.807, 2.05) is 0 Å². The molecule has 0 fully saturated rings. The summed E-state index contributed by atoms with van der Waals surface area (Å²) in [5.41, 5.74) is -0.0464. The zero-order valence-corrected chi connectivity index (χ0v) is 8.18. The number of rotatable bonds is 2. The number of sulfone groups is 1. The highest BCUT2D eigenvalue weighted by molar-refractivity contribution is 7.90. The number of aliphatic hydroxyl groups excluding tert-OH is 1. The molecular weight excluding hydrogens is 211 g/mol. The molecule has 0 amide bonds. The number of aromatic hydroxyl groups is 1. The van der Waals surface area contributed by atoms with E-state index in [9.17, 15) is 12.8 Å². The van der Waals surface area contributed by atoms with Gasteiger partial charge in [-0.3, -0.25) is 0 Å². The average molecular weight is 220 g/mol. The van der Waals surface area contributed by atoms with Crippen LogP contribution in [0.5, 0.6) is 5.75 Å². The maximum absolute atomic E-state index is 13.2. The molecule has 6 heteroatoms. The van der Waals surface area contributed by atoms with Gasteiger partial charge in [-0.1, -0.05) is 6.07 Å². The molecule has 0 saturated carbocycles. The number of hydrogen-bond donors (Lipinski definition) is 2. The Morgan fingerprint density at radius 3 is 2.43 bits per heavy atom. The number of halogens is 1. The summed E-state index contributed by atoms with van der Waals surface area (Å²) in [6, 6.07) is 2.17. The van der Waals surface area contributed by atoms with Crippen LogP contribution in [0.15, 0.2) is 17.0 Å². The summed E-state index contributed by atoms with van der Waals surface area (Å²) in [6.07, 6.45) is 0.837. The quantitative estimate of drug-likeness (QED) is 0.757. The second kappa shape index (κ2) is 3.55. The summed E-state index contributed by atoms with van der Waals surface area (Å²) >= 11 is 0. The van der Waals surface area contributed by atoms with Gasteiger partial charge in [-0.05, 0) is 6.07 Å². The minimum Gasteiger partial charge on any atom is -0.505 e. The van der Waals surface area contributed by atoms with Crippen LogP contribution >= 0.6 is 0 Å². The Morgan fingerprint density at radius 1 is 1.43 bits per heavy atom. The summed E-state index contributed by atoms with van der Waals surface area (Å²) in [5.74, 6) is -2.05. The molecule has 0 aliphatic carbocycles. The molecule has 14 heavy (non-hydrogen) atoms. The highest BCUT2D eigenvalue weighted by Crippen LogP contribution is 2.27. The lowest BCUT2D eigenvalue weighted by Gasteiger charge is -2.05. The van der Waals surface area contributed by atoms with Gasteiger partial charge >= 0.3 is 0 Å². The third kappa shape index (κ3) is 1.85. The van der Waals surface area contributed by atoms with Crippen LogP contribution in [0.2, 0.25) is 0 Å². The number of hydrogen-bond acceptors (Lipinski definition) is 4. The van der Waals surface area contributed by atoms with Crippen LogP contribution in [-0.2, 0) is 16.4 Å². The van der Waals surface area contributed by atoms with Crippen LogP contribution in [0.3, 0.4) is 0 Å². The molecule has 1 rings (SSSR count). The predicted octanol–water partition coefficient (Wildman–Crippen LogP) is 0.427. The highest BCUT2D eigenvalue weighted by Gasteiger charge is 2.18. The van der Waals surface area contributed by atoms with Crippen molar-refractivity contribution in [3.8, 4) is 5.75 Å². The molecule has 0 radical (unpaired) electrons. The monoisotopic (exact) mass is 220 g/mol. The Labute approximate surface area is 80.5 Å². The van der Waals surface area contributed by atoms with Gasteiger partial charge in [0.2, 0.25) is 0 Å². The number of benzene rings is 1. The van der Waals surface area contributed by atoms with E-state index in [2.05, 4.69) is 0 Å². The minimum atomic E-state index is -3.70. The molecule has 0 aromatic heterocycles. The van der Waals surface area contributed by atoms with E-state index in [4.69, 9.17) is 10.2 Å². The molecule has 0 saturated heterocycles. The molecular formula is C8H9FO4S. The van der Waals surface area contributed by atoms with E-state index < -0.39 is 32.9 Å². The Bertz CT molecular complexity index is 453. The molecule has 1 aromatic rings. The molecule has 0 heterocycles. The van der Waals surface area contributed by atoms with E-state index in [0.29, 0.717) is 0 Å². The van der Waals surface area contributed by atoms with Crippen LogP contribution in [-0.4, -0.2) is 24.9 Å². The first-order chi connectivity index (χ1) is 6.38. The molecule has 4 nitrogen and oxygen atoms in total. The lowest BCUT2D eigenvalue weighted by molar-refractivity contribution is 0.272. The van der Waals surface area contributed by atoms with Gasteiger partial charge in [-0.2, -0.15) is 0 Å². The lowest BCUT2D eigenvalue weighted by Crippen LogP contribution is -2.02. The van der Waals surface area contributed by atoms with Crippen molar-refractivity contribution in [2.75, 3.05) is 6.26 Å². The Morgan fingerprint density at radius 2 is 2.00 bits per heavy atom. The molecule has 0 spiro atoms. The van der Waals surface area contributed by atoms with Crippen molar-refractivity contribution < 1.29 is 23.0 Å². The van der Waals surface area contributed by atoms with Crippen LogP contribution in [0.4, 0.5) is 4.39 Å². The first kappa shape index (κ1) is 10.9. The maximum Gasteiger partial charge on any atom is 0.183 e. The molecule has 0 atom stereocenters. The number of phenols is 1. The largest absolute Gasteiger partial charge is 0.505 e. The fourth-order valence-electron chi connectivity index (χ4n) is 1.000. The van der Waals surface area contributed by atoms with Gasteiger partial charge in [-0.15, -0.1) is 0 Å². The normalized spacial score (nSPS) is 11.6. The van der Waals surface area contributed by atoms with Gasteiger partial charge in [0, 0.05) is 11.8 Å². The fraction of sp³-hybridized carbons (Fsp3) is 0.250. The Kier molecular flexibility index (Phi) is 2.77. The molecule has 1 aromatic carbocycles. The van der Waals surface area contributed by atoms with E-state index in [1.165, 1.54) is 0 Å². The third-order valence-electron chi connectivity index (χ3n) is 1.73. The topological polar surface area (TPSA) is 74.6 Å². The van der Waals surface area contributed by atoms with Crippen LogP contribution in [0.1, 0.15) is 5.56 Å². The molecule has 0 aliphatic rings. The van der Waals surface area contributed by atoms with Gasteiger partial charge in [0.05, 0.1) is 6.61 Å². The van der Waals surface area contributed by atoms with E-state index in [1.54, 1.807) is 0 Å². The van der Waals surface area contributed by atoms with Crippen LogP contribution in [0, 0.1) is 5.82 Å². The smallest absolute Gasteiger partial charge is 0.183 e. The zero-order chi connectivity index (χ0) is 10.9. The lowest BCUT2D eigenvalue weighted by atomic mass is 10.2. The van der Waals surface area contributed by atoms with Gasteiger partial charge in [-0.25, -0.2) is 12.8 Å². The fourth-order valence-corrected chi connectivity index (χ4v) is 1.74. The first-order valence-electron chi connectivity index (χ1n) is 3.69. The van der Waals surface area contributed by atoms with Crippen molar-refractivity contribution >= 4 is 9.84 Å². The standard InChI is InChI=1S/C8H9FO4S/c1-14(12,13)6-3-2-5(4-10)8(11)7(6)9/h2-3,10-11H,4H2,1H3. The van der Waals surface area contributed by atoms with Gasteiger partial charge in [0.1, 0.15) is 4.90 Å². The molecule has 78 valence electrons. The van der Waals surface area contributed by atoms with Crippen molar-refractivity contribution in [1.82, 2.24) is 0 Å². The van der Waals surface area contributed by atoms with Crippen molar-refractivity contribution in [2.45, 2.75) is 11.5 Å². The van der Waals surface area contributed by atoms with E-state index in [-0.39, 0.29) is 5.56 Å². The second-order valence-electron chi connectivity index (χ2n) is 2.82. The molecule has 0 aliphatic heterocycles. The van der Waals surface area contributed by atoms with E-state index in [0.717, 1.165) is 18.4 Å². The Hall–Kier alpha value is -1.14. The Balaban J connectivity index is 3.47. The zero-order valence-electron chi connectivity index (χ0n) is 7.36. The summed E-state index contributed by atoms with van der Waals surface area (Å²) in [7, 11) is -3.70. The summed E-state index contributed by atoms with van der Waals surface area (Å²) in [4.78, 5) is -0.577. The second-order valence-corrected chi connectivity index (χ2v) is 4.80. The van der Waals surface area contributed by atoms with E-state index >= 15 is 0 Å². The highest BCUT2D eigenvalue weighted by atomic mass is 32.2. The van der Waals surface area contributed by atoms with Crippen molar-refractivity contribution in [3.63, 3.8) is 0 Å². The summed E-state index contributed by atoms with van der Waals surface area (Å²) in [6.45, 7) is -0.549. The van der Waals surface area contributed by atoms with Gasteiger partial charge in [0.25, 0.3) is 0 Å². The third-order valence-corrected chi connectivity index (χ3v) is 2.85. The SMILES string of the molecule is CS(=O)(=O)c1ccc(CO)c(O)c1F. The van der Waals surface area contributed by atoms with Crippen LogP contribution < -0.4 is 0 Å². The van der Waals surface area contributed by atoms with Crippen molar-refractivity contribution in [3.05, 3.63) is 23.5 Å². The predicted molar refractivity (Wildman–Crippen MR) is 47.1 cm³/mol. The molecule has 0 bridgehead atoms. The number of aliphatic hydroxyl groups is 1. The van der Waals surface area contributed by atoms with Gasteiger partial charge < -0.3 is 10.2 Å². The first-order valence-corrected chi connectivity index (χ1v) is 5.58.